The predicted octanol–water partition coefficient (Wildman–Crippen LogP) is 4.08. The number of benzene rings is 1. The van der Waals surface area contributed by atoms with Crippen LogP contribution in [0.15, 0.2) is 28.8 Å². The molecule has 0 amide bonds. The molecule has 2 rings (SSSR count). The first-order valence-electron chi connectivity index (χ1n) is 6.74. The van der Waals surface area contributed by atoms with Crippen molar-refractivity contribution < 1.29 is 9.63 Å². The molecule has 0 unspecified atom stereocenters. The number of hydrogen-bond donors (Lipinski definition) is 1. The molecule has 19 heavy (non-hydrogen) atoms. The van der Waals surface area contributed by atoms with Crippen molar-refractivity contribution >= 4 is 0 Å². The molecule has 0 aliphatic heterocycles. The standard InChI is InChI=1S/C16H21NO2/c1-10(2)12-7-5-6-8-13(12)15-14(9-18)16(11(3)4)19-17-15/h5-8,10-11,18H,9H2,1-4H3. The maximum Gasteiger partial charge on any atom is 0.145 e. The molecule has 1 N–H and O–H groups in total. The van der Waals surface area contributed by atoms with Gasteiger partial charge in [-0.25, -0.2) is 0 Å². The highest BCUT2D eigenvalue weighted by Crippen LogP contribution is 2.34. The highest BCUT2D eigenvalue weighted by Gasteiger charge is 2.21. The second-order valence-electron chi connectivity index (χ2n) is 5.43. The molecule has 3 nitrogen and oxygen atoms in total. The van der Waals surface area contributed by atoms with Gasteiger partial charge in [-0.3, -0.25) is 0 Å². The molecule has 0 radical (unpaired) electrons. The largest absolute Gasteiger partial charge is 0.391 e. The summed E-state index contributed by atoms with van der Waals surface area (Å²) in [7, 11) is 0. The van der Waals surface area contributed by atoms with Crippen molar-refractivity contribution in [3.63, 3.8) is 0 Å². The lowest BCUT2D eigenvalue weighted by Crippen LogP contribution is -1.97. The second-order valence-corrected chi connectivity index (χ2v) is 5.43. The highest BCUT2D eigenvalue weighted by atomic mass is 16.5. The maximum atomic E-state index is 9.63. The quantitative estimate of drug-likeness (QED) is 0.899. The third-order valence-electron chi connectivity index (χ3n) is 3.34. The van der Waals surface area contributed by atoms with Gasteiger partial charge < -0.3 is 9.63 Å². The van der Waals surface area contributed by atoms with E-state index >= 15 is 0 Å². The Hall–Kier alpha value is -1.61. The van der Waals surface area contributed by atoms with Crippen molar-refractivity contribution in [1.82, 2.24) is 5.16 Å². The van der Waals surface area contributed by atoms with E-state index in [-0.39, 0.29) is 12.5 Å². The summed E-state index contributed by atoms with van der Waals surface area (Å²) in [5, 5.41) is 13.8. The normalized spacial score (nSPS) is 11.5. The summed E-state index contributed by atoms with van der Waals surface area (Å²) in [5.41, 5.74) is 3.86. The van der Waals surface area contributed by atoms with Crippen molar-refractivity contribution in [1.29, 1.82) is 0 Å². The van der Waals surface area contributed by atoms with E-state index in [4.69, 9.17) is 4.52 Å². The molecule has 3 heteroatoms. The summed E-state index contributed by atoms with van der Waals surface area (Å²) >= 11 is 0. The molecule has 1 aromatic heterocycles. The van der Waals surface area contributed by atoms with E-state index in [1.807, 2.05) is 32.0 Å². The van der Waals surface area contributed by atoms with Gasteiger partial charge in [0.05, 0.1) is 6.61 Å². The molecular weight excluding hydrogens is 238 g/mol. The molecule has 1 aromatic carbocycles. The zero-order chi connectivity index (χ0) is 14.0. The van der Waals surface area contributed by atoms with E-state index < -0.39 is 0 Å². The van der Waals surface area contributed by atoms with Crippen molar-refractivity contribution in [2.24, 2.45) is 0 Å². The van der Waals surface area contributed by atoms with Crippen LogP contribution in [-0.4, -0.2) is 10.3 Å². The van der Waals surface area contributed by atoms with Gasteiger partial charge in [-0.2, -0.15) is 0 Å². The Morgan fingerprint density at radius 2 is 1.79 bits per heavy atom. The lowest BCUT2D eigenvalue weighted by atomic mass is 9.93. The zero-order valence-electron chi connectivity index (χ0n) is 12.0. The summed E-state index contributed by atoms with van der Waals surface area (Å²) < 4.78 is 5.43. The summed E-state index contributed by atoms with van der Waals surface area (Å²) in [6.45, 7) is 8.34. The van der Waals surface area contributed by atoms with Gasteiger partial charge in [0, 0.05) is 17.0 Å². The van der Waals surface area contributed by atoms with Crippen LogP contribution in [-0.2, 0) is 6.61 Å². The fourth-order valence-electron chi connectivity index (χ4n) is 2.36. The Labute approximate surface area is 114 Å². The van der Waals surface area contributed by atoms with Crippen LogP contribution < -0.4 is 0 Å². The first kappa shape index (κ1) is 13.8. The number of aromatic nitrogens is 1. The van der Waals surface area contributed by atoms with Crippen LogP contribution in [0, 0.1) is 0 Å². The lowest BCUT2D eigenvalue weighted by Gasteiger charge is -2.11. The third kappa shape index (κ3) is 2.56. The van der Waals surface area contributed by atoms with Crippen molar-refractivity contribution in [3.05, 3.63) is 41.2 Å². The number of aliphatic hydroxyl groups excluding tert-OH is 1. The van der Waals surface area contributed by atoms with E-state index in [1.165, 1.54) is 5.56 Å². The number of hydrogen-bond acceptors (Lipinski definition) is 3. The molecule has 0 spiro atoms. The molecule has 0 bridgehead atoms. The Kier molecular flexibility index (Phi) is 4.05. The fraction of sp³-hybridized carbons (Fsp3) is 0.438. The summed E-state index contributed by atoms with van der Waals surface area (Å²) in [4.78, 5) is 0. The van der Waals surface area contributed by atoms with Gasteiger partial charge >= 0.3 is 0 Å². The number of aliphatic hydroxyl groups is 1. The fourth-order valence-corrected chi connectivity index (χ4v) is 2.36. The average molecular weight is 259 g/mol. The Morgan fingerprint density at radius 1 is 1.11 bits per heavy atom. The Bertz CT molecular complexity index is 556. The molecule has 1 heterocycles. The monoisotopic (exact) mass is 259 g/mol. The van der Waals surface area contributed by atoms with Crippen molar-refractivity contribution in [3.8, 4) is 11.3 Å². The molecule has 0 fully saturated rings. The first-order valence-corrected chi connectivity index (χ1v) is 6.74. The van der Waals surface area contributed by atoms with Gasteiger partial charge in [-0.1, -0.05) is 57.1 Å². The Balaban J connectivity index is 2.60. The smallest absolute Gasteiger partial charge is 0.145 e. The van der Waals surface area contributed by atoms with Crippen LogP contribution in [0.25, 0.3) is 11.3 Å². The van der Waals surface area contributed by atoms with Crippen LogP contribution in [0.5, 0.6) is 0 Å². The SMILES string of the molecule is CC(C)c1ccccc1-c1noc(C(C)C)c1CO. The summed E-state index contributed by atoms with van der Waals surface area (Å²) in [6, 6.07) is 8.16. The zero-order valence-corrected chi connectivity index (χ0v) is 12.0. The highest BCUT2D eigenvalue weighted by molar-refractivity contribution is 5.68. The molecule has 0 saturated carbocycles. The lowest BCUT2D eigenvalue weighted by molar-refractivity contribution is 0.275. The summed E-state index contributed by atoms with van der Waals surface area (Å²) in [5.74, 6) is 1.40. The van der Waals surface area contributed by atoms with Gasteiger partial charge in [0.15, 0.2) is 0 Å². The maximum absolute atomic E-state index is 9.63. The molecule has 0 saturated heterocycles. The predicted molar refractivity (Wildman–Crippen MR) is 76.0 cm³/mol. The van der Waals surface area contributed by atoms with E-state index in [0.29, 0.717) is 5.92 Å². The minimum absolute atomic E-state index is 0.0429. The van der Waals surface area contributed by atoms with Gasteiger partial charge in [0.1, 0.15) is 11.5 Å². The second kappa shape index (κ2) is 5.57. The molecule has 0 aliphatic carbocycles. The average Bonchev–Trinajstić information content (AvgIpc) is 2.82. The first-order chi connectivity index (χ1) is 9.06. The minimum Gasteiger partial charge on any atom is -0.391 e. The van der Waals surface area contributed by atoms with E-state index in [1.54, 1.807) is 0 Å². The molecule has 102 valence electrons. The third-order valence-corrected chi connectivity index (χ3v) is 3.34. The van der Waals surface area contributed by atoms with Gasteiger partial charge in [-0.05, 0) is 11.5 Å². The number of rotatable bonds is 4. The van der Waals surface area contributed by atoms with Crippen molar-refractivity contribution in [2.75, 3.05) is 0 Å². The van der Waals surface area contributed by atoms with E-state index in [2.05, 4.69) is 25.1 Å². The molecule has 0 atom stereocenters. The Morgan fingerprint density at radius 3 is 2.37 bits per heavy atom. The van der Waals surface area contributed by atoms with E-state index in [9.17, 15) is 5.11 Å². The summed E-state index contributed by atoms with van der Waals surface area (Å²) in [6.07, 6.45) is 0. The minimum atomic E-state index is -0.0429. The topological polar surface area (TPSA) is 46.3 Å². The van der Waals surface area contributed by atoms with Gasteiger partial charge in [0.2, 0.25) is 0 Å². The van der Waals surface area contributed by atoms with Gasteiger partial charge in [-0.15, -0.1) is 0 Å². The van der Waals surface area contributed by atoms with Crippen LogP contribution in [0.3, 0.4) is 0 Å². The van der Waals surface area contributed by atoms with Gasteiger partial charge in [0.25, 0.3) is 0 Å². The molecule has 2 aromatic rings. The van der Waals surface area contributed by atoms with Crippen LogP contribution in [0.1, 0.15) is 56.4 Å². The molecule has 0 aliphatic rings. The van der Waals surface area contributed by atoms with E-state index in [0.717, 1.165) is 22.6 Å². The number of nitrogens with zero attached hydrogens (tertiary/aromatic N) is 1. The van der Waals surface area contributed by atoms with Crippen molar-refractivity contribution in [2.45, 2.75) is 46.1 Å². The van der Waals surface area contributed by atoms with Crippen LogP contribution >= 0.6 is 0 Å². The molecular formula is C16H21NO2. The van der Waals surface area contributed by atoms with Crippen LogP contribution in [0.4, 0.5) is 0 Å². The van der Waals surface area contributed by atoms with Crippen LogP contribution in [0.2, 0.25) is 0 Å².